The molecule has 0 spiro atoms. The molecule has 0 unspecified atom stereocenters. The lowest BCUT2D eigenvalue weighted by Crippen LogP contribution is -2.25. The zero-order chi connectivity index (χ0) is 17.0. The zero-order valence-corrected chi connectivity index (χ0v) is 17.0. The lowest BCUT2D eigenvalue weighted by atomic mass is 9.68. The van der Waals surface area contributed by atoms with Crippen LogP contribution in [0.3, 0.4) is 0 Å². The minimum Gasteiger partial charge on any atom is -0.0654 e. The number of unbranched alkanes of at least 4 members (excludes halogenated alkanes) is 6. The molecule has 2 saturated carbocycles. The zero-order valence-electron chi connectivity index (χ0n) is 17.0. The first-order valence-corrected chi connectivity index (χ1v) is 11.8. The summed E-state index contributed by atoms with van der Waals surface area (Å²) in [5, 5.41) is 0. The largest absolute Gasteiger partial charge is 0.0654 e. The maximum Gasteiger partial charge on any atom is -0.0386 e. The van der Waals surface area contributed by atoms with Crippen molar-refractivity contribution in [2.75, 3.05) is 0 Å². The number of rotatable bonds is 11. The van der Waals surface area contributed by atoms with Gasteiger partial charge in [0.15, 0.2) is 0 Å². The van der Waals surface area contributed by atoms with Gasteiger partial charge >= 0.3 is 0 Å². The van der Waals surface area contributed by atoms with E-state index in [0.29, 0.717) is 0 Å². The first-order valence-electron chi connectivity index (χ1n) is 11.8. The molecule has 0 amide bonds. The molecule has 24 heavy (non-hydrogen) atoms. The molecule has 0 atom stereocenters. The monoisotopic (exact) mass is 334 g/mol. The van der Waals surface area contributed by atoms with Crippen LogP contribution in [0.4, 0.5) is 0 Å². The van der Waals surface area contributed by atoms with E-state index in [1.165, 1.54) is 57.8 Å². The molecule has 0 aromatic carbocycles. The van der Waals surface area contributed by atoms with Crippen LogP contribution in [-0.4, -0.2) is 0 Å². The van der Waals surface area contributed by atoms with Crippen LogP contribution in [-0.2, 0) is 0 Å². The molecule has 0 aromatic heterocycles. The summed E-state index contributed by atoms with van der Waals surface area (Å²) in [5.41, 5.74) is 0. The SMILES string of the molecule is CCCCCCCCCC1CCC(C2CCC(CCC)CC2)CC1. The molecule has 2 fully saturated rings. The smallest absolute Gasteiger partial charge is 0.0386 e. The van der Waals surface area contributed by atoms with E-state index in [4.69, 9.17) is 0 Å². The van der Waals surface area contributed by atoms with Crippen molar-refractivity contribution in [3.8, 4) is 0 Å². The van der Waals surface area contributed by atoms with E-state index in [9.17, 15) is 0 Å². The molecule has 0 radical (unpaired) electrons. The van der Waals surface area contributed by atoms with Crippen LogP contribution in [0.15, 0.2) is 0 Å². The van der Waals surface area contributed by atoms with Crippen LogP contribution in [0.5, 0.6) is 0 Å². The molecule has 2 aliphatic rings. The highest BCUT2D eigenvalue weighted by Crippen LogP contribution is 2.43. The molecular formula is C24H46. The van der Waals surface area contributed by atoms with Crippen LogP contribution in [0.1, 0.15) is 129 Å². The average Bonchev–Trinajstić information content (AvgIpc) is 2.62. The molecule has 2 rings (SSSR count). The molecular weight excluding hydrogens is 288 g/mol. The van der Waals surface area contributed by atoms with Gasteiger partial charge in [-0.15, -0.1) is 0 Å². The van der Waals surface area contributed by atoms with Gasteiger partial charge in [0, 0.05) is 0 Å². The summed E-state index contributed by atoms with van der Waals surface area (Å²) in [5.74, 6) is 4.39. The Labute approximate surface area is 153 Å². The molecule has 0 N–H and O–H groups in total. The van der Waals surface area contributed by atoms with E-state index < -0.39 is 0 Å². The summed E-state index contributed by atoms with van der Waals surface area (Å²) in [6.45, 7) is 4.67. The van der Waals surface area contributed by atoms with E-state index in [-0.39, 0.29) is 0 Å². The van der Waals surface area contributed by atoms with Crippen molar-refractivity contribution in [1.82, 2.24) is 0 Å². The molecule has 0 bridgehead atoms. The molecule has 0 aromatic rings. The van der Waals surface area contributed by atoms with Crippen molar-refractivity contribution < 1.29 is 0 Å². The van der Waals surface area contributed by atoms with Gasteiger partial charge in [0.1, 0.15) is 0 Å². The van der Waals surface area contributed by atoms with E-state index in [0.717, 1.165) is 23.7 Å². The van der Waals surface area contributed by atoms with E-state index >= 15 is 0 Å². The molecule has 0 heterocycles. The second kappa shape index (κ2) is 12.4. The Morgan fingerprint density at radius 3 is 1.42 bits per heavy atom. The summed E-state index contributed by atoms with van der Waals surface area (Å²) >= 11 is 0. The van der Waals surface area contributed by atoms with Gasteiger partial charge in [-0.2, -0.15) is 0 Å². The van der Waals surface area contributed by atoms with Crippen molar-refractivity contribution in [1.29, 1.82) is 0 Å². The molecule has 0 aliphatic heterocycles. The van der Waals surface area contributed by atoms with Gasteiger partial charge in [0.2, 0.25) is 0 Å². The van der Waals surface area contributed by atoms with Crippen LogP contribution < -0.4 is 0 Å². The summed E-state index contributed by atoms with van der Waals surface area (Å²) in [6, 6.07) is 0. The number of hydrogen-bond acceptors (Lipinski definition) is 0. The van der Waals surface area contributed by atoms with Crippen molar-refractivity contribution in [2.24, 2.45) is 23.7 Å². The van der Waals surface area contributed by atoms with Crippen molar-refractivity contribution in [2.45, 2.75) is 129 Å². The van der Waals surface area contributed by atoms with Gasteiger partial charge in [-0.3, -0.25) is 0 Å². The third kappa shape index (κ3) is 7.49. The summed E-state index contributed by atoms with van der Waals surface area (Å²) in [7, 11) is 0. The Balaban J connectivity index is 1.49. The Kier molecular flexibility index (Phi) is 10.5. The standard InChI is InChI=1S/C24H46/c1-3-5-6-7-8-9-10-12-22-15-19-24(20-16-22)23-17-13-21(11-4-2)14-18-23/h21-24H,3-20H2,1-2H3. The molecule has 0 saturated heterocycles. The predicted octanol–water partition coefficient (Wildman–Crippen LogP) is 8.54. The van der Waals surface area contributed by atoms with Crippen LogP contribution >= 0.6 is 0 Å². The highest BCUT2D eigenvalue weighted by Gasteiger charge is 2.30. The van der Waals surface area contributed by atoms with Gasteiger partial charge in [-0.25, -0.2) is 0 Å². The lowest BCUT2D eigenvalue weighted by Gasteiger charge is -2.38. The minimum absolute atomic E-state index is 1.08. The highest BCUT2D eigenvalue weighted by atomic mass is 14.4. The second-order valence-corrected chi connectivity index (χ2v) is 9.26. The maximum atomic E-state index is 2.36. The van der Waals surface area contributed by atoms with E-state index in [1.54, 1.807) is 57.8 Å². The lowest BCUT2D eigenvalue weighted by molar-refractivity contribution is 0.140. The third-order valence-corrected chi connectivity index (χ3v) is 7.36. The predicted molar refractivity (Wildman–Crippen MR) is 108 cm³/mol. The Bertz CT molecular complexity index is 278. The fourth-order valence-electron chi connectivity index (χ4n) is 5.69. The van der Waals surface area contributed by atoms with Crippen LogP contribution in [0.25, 0.3) is 0 Å². The normalized spacial score (nSPS) is 31.2. The van der Waals surface area contributed by atoms with E-state index in [2.05, 4.69) is 13.8 Å². The van der Waals surface area contributed by atoms with Crippen LogP contribution in [0.2, 0.25) is 0 Å². The minimum atomic E-state index is 1.08. The molecule has 0 nitrogen and oxygen atoms in total. The van der Waals surface area contributed by atoms with Gasteiger partial charge in [0.25, 0.3) is 0 Å². The Morgan fingerprint density at radius 1 is 0.458 bits per heavy atom. The van der Waals surface area contributed by atoms with Gasteiger partial charge in [0.05, 0.1) is 0 Å². The fraction of sp³-hybridized carbons (Fsp3) is 1.00. The van der Waals surface area contributed by atoms with E-state index in [1.807, 2.05) is 0 Å². The molecule has 142 valence electrons. The summed E-state index contributed by atoms with van der Waals surface area (Å²) in [4.78, 5) is 0. The Hall–Kier alpha value is 0. The first-order chi connectivity index (χ1) is 11.8. The number of hydrogen-bond donors (Lipinski definition) is 0. The quantitative estimate of drug-likeness (QED) is 0.332. The Morgan fingerprint density at radius 2 is 0.917 bits per heavy atom. The van der Waals surface area contributed by atoms with Gasteiger partial charge in [-0.05, 0) is 49.4 Å². The topological polar surface area (TPSA) is 0 Å². The maximum absolute atomic E-state index is 2.36. The van der Waals surface area contributed by atoms with Crippen molar-refractivity contribution >= 4 is 0 Å². The fourth-order valence-corrected chi connectivity index (χ4v) is 5.69. The first kappa shape index (κ1) is 20.3. The second-order valence-electron chi connectivity index (χ2n) is 9.26. The molecule has 0 heteroatoms. The third-order valence-electron chi connectivity index (χ3n) is 7.36. The van der Waals surface area contributed by atoms with Crippen LogP contribution in [0, 0.1) is 23.7 Å². The average molecular weight is 335 g/mol. The van der Waals surface area contributed by atoms with Crippen molar-refractivity contribution in [3.05, 3.63) is 0 Å². The summed E-state index contributed by atoms with van der Waals surface area (Å²) < 4.78 is 0. The molecule has 2 aliphatic carbocycles. The van der Waals surface area contributed by atoms with Gasteiger partial charge < -0.3 is 0 Å². The van der Waals surface area contributed by atoms with Crippen molar-refractivity contribution in [3.63, 3.8) is 0 Å². The van der Waals surface area contributed by atoms with Gasteiger partial charge in [-0.1, -0.05) is 104 Å². The highest BCUT2D eigenvalue weighted by molar-refractivity contribution is 4.82. The summed E-state index contributed by atoms with van der Waals surface area (Å²) in [6.07, 6.45) is 27.3.